The highest BCUT2D eigenvalue weighted by Gasteiger charge is 2.79. The van der Waals surface area contributed by atoms with Gasteiger partial charge in [0.05, 0.1) is 0 Å². The van der Waals surface area contributed by atoms with E-state index in [0.717, 1.165) is 22.4 Å². The van der Waals surface area contributed by atoms with Gasteiger partial charge in [-0.05, 0) is 97.4 Å². The van der Waals surface area contributed by atoms with Crippen LogP contribution in [-0.4, -0.2) is 65.6 Å². The number of allylic oxidation sites excluding steroid dienone is 4. The third kappa shape index (κ3) is 4.96. The van der Waals surface area contributed by atoms with E-state index in [1.54, 1.807) is 35.2 Å². The number of hydrogen-bond acceptors (Lipinski definition) is 4. The second-order valence-corrected chi connectivity index (χ2v) is 14.2. The number of carbonyl (C=O) groups is 2. The molecule has 47 heavy (non-hydrogen) atoms. The fourth-order valence-electron chi connectivity index (χ4n) is 9.56. The molecule has 250 valence electrons. The number of anilines is 1. The van der Waals surface area contributed by atoms with Crippen molar-refractivity contribution in [3.8, 4) is 0 Å². The molecule has 2 aromatic rings. The molecule has 5 aliphatic rings. The number of amides is 1. The molecule has 2 aromatic carbocycles. The minimum absolute atomic E-state index is 0.0347. The van der Waals surface area contributed by atoms with Gasteiger partial charge in [0.2, 0.25) is 0 Å². The van der Waals surface area contributed by atoms with Crippen molar-refractivity contribution < 1.29 is 36.6 Å². The molecular weight excluding hydrogens is 615 g/mol. The quantitative estimate of drug-likeness (QED) is 0.348. The average Bonchev–Trinajstić information content (AvgIpc) is 3.35. The number of fused-ring (bicyclic) bond motifs is 4. The molecule has 4 aliphatic carbocycles. The molecule has 3 fully saturated rings. The van der Waals surface area contributed by atoms with Gasteiger partial charge in [-0.2, -0.15) is 22.0 Å². The number of benzene rings is 2. The van der Waals surface area contributed by atoms with E-state index in [1.165, 1.54) is 6.92 Å². The minimum Gasteiger partial charge on any atom is -0.383 e. The van der Waals surface area contributed by atoms with Crippen molar-refractivity contribution in [2.75, 3.05) is 31.1 Å². The predicted octanol–water partition coefficient (Wildman–Crippen LogP) is 7.48. The number of hydrogen-bond donors (Lipinski definition) is 1. The molecule has 0 radical (unpaired) electrons. The Kier molecular flexibility index (Phi) is 7.69. The molecule has 0 unspecified atom stereocenters. The number of alkyl halides is 5. The standard InChI is InChI=1S/C37H39F5N2O3/c1-34-22-30(23-7-9-24(10-8-23)33(46)44-19-17-43(18-20-44)26-5-3-2-4-6-26)32-28-14-12-27(45)21-25(28)11-13-29(32)31(34)15-16-35(34,47)36(38,39)37(40,41)42/h2-10,21,29-31,47H,11-20,22H2,1H3/t29-,30+,31-,34-,35+/m0/s1. The Balaban J connectivity index is 1.21. The molecule has 0 spiro atoms. The van der Waals surface area contributed by atoms with Crippen LogP contribution in [0, 0.1) is 17.3 Å². The van der Waals surface area contributed by atoms with Gasteiger partial charge in [0.25, 0.3) is 5.91 Å². The van der Waals surface area contributed by atoms with E-state index in [1.807, 2.05) is 30.3 Å². The van der Waals surface area contributed by atoms with Gasteiger partial charge < -0.3 is 14.9 Å². The maximum Gasteiger partial charge on any atom is 0.456 e. The number of piperazine rings is 1. The summed E-state index contributed by atoms with van der Waals surface area (Å²) in [5, 5.41) is 11.5. The van der Waals surface area contributed by atoms with Crippen LogP contribution in [-0.2, 0) is 4.79 Å². The zero-order chi connectivity index (χ0) is 33.4. The van der Waals surface area contributed by atoms with Gasteiger partial charge in [-0.15, -0.1) is 0 Å². The Morgan fingerprint density at radius 3 is 2.23 bits per heavy atom. The Morgan fingerprint density at radius 2 is 1.57 bits per heavy atom. The van der Waals surface area contributed by atoms with E-state index in [2.05, 4.69) is 4.90 Å². The zero-order valence-corrected chi connectivity index (χ0v) is 26.3. The Bertz CT molecular complexity index is 1630. The first kappa shape index (κ1) is 32.0. The van der Waals surface area contributed by atoms with Crippen LogP contribution in [0.25, 0.3) is 0 Å². The lowest BCUT2D eigenvalue weighted by molar-refractivity contribution is -0.362. The Hall–Kier alpha value is -3.53. The molecule has 0 bridgehead atoms. The van der Waals surface area contributed by atoms with Crippen molar-refractivity contribution in [3.05, 3.63) is 88.5 Å². The first-order chi connectivity index (χ1) is 22.2. The highest BCUT2D eigenvalue weighted by atomic mass is 19.4. The summed E-state index contributed by atoms with van der Waals surface area (Å²) in [6.45, 7) is 3.91. The van der Waals surface area contributed by atoms with Crippen LogP contribution >= 0.6 is 0 Å². The van der Waals surface area contributed by atoms with Crippen LogP contribution in [0.15, 0.2) is 77.4 Å². The number of ketones is 1. The SMILES string of the molecule is C[C@]12C[C@H](c3ccc(C(=O)N4CCN(c5ccccc5)CC4)cc3)C3=C4CCC(=O)C=C4CC[C@H]3[C@@H]1CC[C@]2(O)C(F)(F)C(F)(F)F. The second-order valence-electron chi connectivity index (χ2n) is 14.2. The summed E-state index contributed by atoms with van der Waals surface area (Å²) in [6, 6.07) is 17.0. The predicted molar refractivity (Wildman–Crippen MR) is 167 cm³/mol. The fraction of sp³-hybridized carbons (Fsp3) is 0.514. The fourth-order valence-corrected chi connectivity index (χ4v) is 9.56. The van der Waals surface area contributed by atoms with E-state index in [4.69, 9.17) is 0 Å². The summed E-state index contributed by atoms with van der Waals surface area (Å²) in [6.07, 6.45) is -3.00. The molecule has 10 heteroatoms. The van der Waals surface area contributed by atoms with E-state index in [0.29, 0.717) is 63.0 Å². The third-order valence-electron chi connectivity index (χ3n) is 12.0. The maximum absolute atomic E-state index is 15.3. The molecular formula is C37H39F5N2O3. The van der Waals surface area contributed by atoms with Crippen molar-refractivity contribution in [2.45, 2.75) is 75.5 Å². The first-order valence-corrected chi connectivity index (χ1v) is 16.6. The van der Waals surface area contributed by atoms with Crippen molar-refractivity contribution in [1.82, 2.24) is 4.90 Å². The molecule has 1 N–H and O–H groups in total. The van der Waals surface area contributed by atoms with E-state index < -0.39 is 41.4 Å². The summed E-state index contributed by atoms with van der Waals surface area (Å²) in [7, 11) is 0. The summed E-state index contributed by atoms with van der Waals surface area (Å²) < 4.78 is 72.1. The maximum atomic E-state index is 15.3. The molecule has 0 aromatic heterocycles. The summed E-state index contributed by atoms with van der Waals surface area (Å²) in [4.78, 5) is 29.8. The van der Waals surface area contributed by atoms with Crippen LogP contribution in [0.3, 0.4) is 0 Å². The number of halogens is 5. The molecule has 1 amide bonds. The van der Waals surface area contributed by atoms with Gasteiger partial charge in [0.1, 0.15) is 5.60 Å². The monoisotopic (exact) mass is 654 g/mol. The van der Waals surface area contributed by atoms with Crippen LogP contribution in [0.2, 0.25) is 0 Å². The van der Waals surface area contributed by atoms with Crippen molar-refractivity contribution in [1.29, 1.82) is 0 Å². The van der Waals surface area contributed by atoms with E-state index >= 15 is 8.78 Å². The highest BCUT2D eigenvalue weighted by molar-refractivity contribution is 5.94. The average molecular weight is 655 g/mol. The number of carbonyl (C=O) groups excluding carboxylic acids is 2. The minimum atomic E-state index is -5.89. The van der Waals surface area contributed by atoms with Crippen molar-refractivity contribution in [3.63, 3.8) is 0 Å². The molecule has 5 nitrogen and oxygen atoms in total. The lowest BCUT2D eigenvalue weighted by Crippen LogP contribution is -2.65. The summed E-state index contributed by atoms with van der Waals surface area (Å²) >= 11 is 0. The number of rotatable bonds is 4. The lowest BCUT2D eigenvalue weighted by Gasteiger charge is -2.56. The Morgan fingerprint density at radius 1 is 0.894 bits per heavy atom. The van der Waals surface area contributed by atoms with E-state index in [-0.39, 0.29) is 30.4 Å². The van der Waals surface area contributed by atoms with Crippen molar-refractivity contribution >= 4 is 17.4 Å². The van der Waals surface area contributed by atoms with E-state index in [9.17, 15) is 27.9 Å². The van der Waals surface area contributed by atoms with Crippen LogP contribution in [0.4, 0.5) is 27.6 Å². The smallest absolute Gasteiger partial charge is 0.383 e. The number of aliphatic hydroxyl groups is 1. The van der Waals surface area contributed by atoms with Crippen LogP contribution in [0.5, 0.6) is 0 Å². The van der Waals surface area contributed by atoms with Crippen LogP contribution in [0.1, 0.15) is 73.7 Å². The third-order valence-corrected chi connectivity index (χ3v) is 12.0. The molecule has 1 heterocycles. The first-order valence-electron chi connectivity index (χ1n) is 16.6. The molecule has 7 rings (SSSR count). The highest BCUT2D eigenvalue weighted by Crippen LogP contribution is 2.70. The Labute approximate surface area is 271 Å². The van der Waals surface area contributed by atoms with Gasteiger partial charge in [0, 0.05) is 55.2 Å². The number of para-hydroxylation sites is 1. The van der Waals surface area contributed by atoms with Gasteiger partial charge in [0.15, 0.2) is 5.78 Å². The largest absolute Gasteiger partial charge is 0.456 e. The summed E-state index contributed by atoms with van der Waals surface area (Å²) in [5.41, 5.74) is 0.269. The second kappa shape index (κ2) is 11.3. The zero-order valence-electron chi connectivity index (χ0n) is 26.3. The summed E-state index contributed by atoms with van der Waals surface area (Å²) in [5.74, 6) is -6.76. The van der Waals surface area contributed by atoms with Crippen molar-refractivity contribution in [2.24, 2.45) is 17.3 Å². The topological polar surface area (TPSA) is 60.9 Å². The van der Waals surface area contributed by atoms with Crippen LogP contribution < -0.4 is 4.90 Å². The van der Waals surface area contributed by atoms with Gasteiger partial charge in [-0.3, -0.25) is 9.59 Å². The normalized spacial score (nSPS) is 31.3. The number of nitrogens with zero attached hydrogens (tertiary/aromatic N) is 2. The lowest BCUT2D eigenvalue weighted by atomic mass is 9.50. The van der Waals surface area contributed by atoms with Gasteiger partial charge in [-0.1, -0.05) is 42.8 Å². The molecule has 1 aliphatic heterocycles. The molecule has 2 saturated carbocycles. The van der Waals surface area contributed by atoms with Gasteiger partial charge in [-0.25, -0.2) is 0 Å². The molecule has 1 saturated heterocycles. The molecule has 5 atom stereocenters. The van der Waals surface area contributed by atoms with Gasteiger partial charge >= 0.3 is 12.1 Å².